The van der Waals surface area contributed by atoms with Gasteiger partial charge in [0, 0.05) is 32.2 Å². The van der Waals surface area contributed by atoms with Crippen molar-refractivity contribution < 1.29 is 19.1 Å². The van der Waals surface area contributed by atoms with Crippen LogP contribution in [0.5, 0.6) is 5.75 Å². The number of rotatable bonds is 11. The minimum Gasteiger partial charge on any atom is -0.492 e. The van der Waals surface area contributed by atoms with Crippen molar-refractivity contribution in [2.24, 2.45) is 0 Å². The highest BCUT2D eigenvalue weighted by Crippen LogP contribution is 2.26. The number of carbonyl (C=O) groups is 2. The maximum atomic E-state index is 12.7. The van der Waals surface area contributed by atoms with E-state index in [0.717, 1.165) is 6.42 Å². The normalized spacial score (nSPS) is 10.4. The van der Waals surface area contributed by atoms with Crippen molar-refractivity contribution in [1.29, 1.82) is 0 Å². The van der Waals surface area contributed by atoms with E-state index >= 15 is 0 Å². The summed E-state index contributed by atoms with van der Waals surface area (Å²) in [5.41, 5.74) is 2.52. The molecule has 0 aliphatic heterocycles. The molecule has 0 aromatic heterocycles. The number of amides is 2. The molecular formula is C27H28BrN3O4S. The Labute approximate surface area is 224 Å². The molecule has 188 valence electrons. The minimum atomic E-state index is -0.384. The number of halogens is 1. The number of thiocarbonyl (C=S) groups is 1. The van der Waals surface area contributed by atoms with Gasteiger partial charge < -0.3 is 20.1 Å². The van der Waals surface area contributed by atoms with Gasteiger partial charge in [-0.1, -0.05) is 42.5 Å². The van der Waals surface area contributed by atoms with Gasteiger partial charge in [-0.3, -0.25) is 14.9 Å². The fourth-order valence-corrected chi connectivity index (χ4v) is 4.01. The predicted octanol–water partition coefficient (Wildman–Crippen LogP) is 4.96. The number of hydrogen-bond donors (Lipinski definition) is 3. The molecule has 0 aliphatic carbocycles. The zero-order valence-electron chi connectivity index (χ0n) is 19.9. The predicted molar refractivity (Wildman–Crippen MR) is 149 cm³/mol. The average molecular weight is 571 g/mol. The van der Waals surface area contributed by atoms with Crippen LogP contribution in [-0.2, 0) is 11.2 Å². The number of carbonyl (C=O) groups excluding carboxylic acids is 2. The van der Waals surface area contributed by atoms with E-state index in [1.165, 1.54) is 5.56 Å². The highest BCUT2D eigenvalue weighted by atomic mass is 79.9. The molecule has 3 aromatic rings. The van der Waals surface area contributed by atoms with Gasteiger partial charge >= 0.3 is 0 Å². The van der Waals surface area contributed by atoms with Gasteiger partial charge in [-0.2, -0.15) is 0 Å². The number of anilines is 1. The first-order chi connectivity index (χ1) is 17.5. The summed E-state index contributed by atoms with van der Waals surface area (Å²) in [5.74, 6) is 0.0225. The molecule has 0 unspecified atom stereocenters. The Kier molecular flexibility index (Phi) is 10.9. The van der Waals surface area contributed by atoms with E-state index in [-0.39, 0.29) is 16.9 Å². The van der Waals surface area contributed by atoms with Crippen molar-refractivity contribution in [3.05, 3.63) is 94.0 Å². The standard InChI is InChI=1S/C27H28BrN3O4S/c1-34-16-7-15-29-26(33)21-10-5-6-11-23(21)30-27(36)31-25(32)20-12-13-24(22(28)18-20)35-17-14-19-8-3-2-4-9-19/h2-6,8-13,18H,7,14-17H2,1H3,(H,29,33)(H2,30,31,32,36). The van der Waals surface area contributed by atoms with Gasteiger partial charge in [-0.25, -0.2) is 0 Å². The Bertz CT molecular complexity index is 1190. The highest BCUT2D eigenvalue weighted by Gasteiger charge is 2.14. The summed E-state index contributed by atoms with van der Waals surface area (Å²) in [5, 5.41) is 8.52. The monoisotopic (exact) mass is 569 g/mol. The quantitative estimate of drug-likeness (QED) is 0.223. The van der Waals surface area contributed by atoms with Gasteiger partial charge in [0.15, 0.2) is 5.11 Å². The van der Waals surface area contributed by atoms with E-state index in [4.69, 9.17) is 21.7 Å². The molecule has 2 amide bonds. The van der Waals surface area contributed by atoms with Crippen molar-refractivity contribution in [2.45, 2.75) is 12.8 Å². The second-order valence-electron chi connectivity index (χ2n) is 7.79. The van der Waals surface area contributed by atoms with Crippen LogP contribution in [0.3, 0.4) is 0 Å². The third-order valence-corrected chi connectivity index (χ3v) is 5.97. The molecule has 0 saturated heterocycles. The van der Waals surface area contributed by atoms with Gasteiger partial charge in [0.2, 0.25) is 0 Å². The molecule has 0 atom stereocenters. The lowest BCUT2D eigenvalue weighted by Gasteiger charge is -2.14. The fraction of sp³-hybridized carbons (Fsp3) is 0.222. The van der Waals surface area contributed by atoms with Crippen molar-refractivity contribution in [2.75, 3.05) is 32.2 Å². The summed E-state index contributed by atoms with van der Waals surface area (Å²) in [6.45, 7) is 1.57. The zero-order valence-corrected chi connectivity index (χ0v) is 22.3. The van der Waals surface area contributed by atoms with Crippen LogP contribution < -0.4 is 20.7 Å². The van der Waals surface area contributed by atoms with Gasteiger partial charge in [0.25, 0.3) is 11.8 Å². The van der Waals surface area contributed by atoms with Gasteiger partial charge in [-0.05, 0) is 70.5 Å². The Morgan fingerprint density at radius 3 is 2.44 bits per heavy atom. The maximum Gasteiger partial charge on any atom is 0.257 e. The van der Waals surface area contributed by atoms with Crippen LogP contribution in [0.1, 0.15) is 32.7 Å². The third-order valence-electron chi connectivity index (χ3n) is 5.14. The Balaban J connectivity index is 1.54. The summed E-state index contributed by atoms with van der Waals surface area (Å²) < 4.78 is 11.5. The molecular weight excluding hydrogens is 542 g/mol. The Hall–Kier alpha value is -3.27. The van der Waals surface area contributed by atoms with Crippen molar-refractivity contribution in [3.8, 4) is 5.75 Å². The summed E-state index contributed by atoms with van der Waals surface area (Å²) in [6, 6.07) is 22.1. The van der Waals surface area contributed by atoms with Crippen LogP contribution in [0.25, 0.3) is 0 Å². The Morgan fingerprint density at radius 1 is 0.944 bits per heavy atom. The molecule has 0 saturated carbocycles. The van der Waals surface area contributed by atoms with E-state index in [1.807, 2.05) is 18.2 Å². The largest absolute Gasteiger partial charge is 0.492 e. The molecule has 0 aliphatic rings. The highest BCUT2D eigenvalue weighted by molar-refractivity contribution is 9.10. The minimum absolute atomic E-state index is 0.0824. The maximum absolute atomic E-state index is 12.7. The summed E-state index contributed by atoms with van der Waals surface area (Å²) in [7, 11) is 1.62. The molecule has 3 aromatic carbocycles. The van der Waals surface area contributed by atoms with Crippen LogP contribution >= 0.6 is 28.1 Å². The molecule has 0 radical (unpaired) electrons. The first-order valence-corrected chi connectivity index (χ1v) is 12.6. The third kappa shape index (κ3) is 8.44. The van der Waals surface area contributed by atoms with E-state index in [1.54, 1.807) is 49.6 Å². The molecule has 0 fully saturated rings. The Morgan fingerprint density at radius 2 is 1.69 bits per heavy atom. The zero-order chi connectivity index (χ0) is 25.8. The van der Waals surface area contributed by atoms with Crippen LogP contribution in [0, 0.1) is 0 Å². The van der Waals surface area contributed by atoms with E-state index in [0.29, 0.717) is 53.2 Å². The second kappa shape index (κ2) is 14.3. The lowest BCUT2D eigenvalue weighted by Crippen LogP contribution is -2.35. The molecule has 7 nitrogen and oxygen atoms in total. The number of para-hydroxylation sites is 1. The first-order valence-electron chi connectivity index (χ1n) is 11.4. The number of ether oxygens (including phenoxy) is 2. The summed E-state index contributed by atoms with van der Waals surface area (Å²) >= 11 is 8.79. The smallest absolute Gasteiger partial charge is 0.257 e. The summed E-state index contributed by atoms with van der Waals surface area (Å²) in [4.78, 5) is 25.3. The molecule has 9 heteroatoms. The molecule has 3 N–H and O–H groups in total. The van der Waals surface area contributed by atoms with Crippen molar-refractivity contribution >= 4 is 50.8 Å². The van der Waals surface area contributed by atoms with Gasteiger partial charge in [-0.15, -0.1) is 0 Å². The van der Waals surface area contributed by atoms with Crippen molar-refractivity contribution in [3.63, 3.8) is 0 Å². The number of hydrogen-bond acceptors (Lipinski definition) is 5. The van der Waals surface area contributed by atoms with Gasteiger partial charge in [0.05, 0.1) is 22.3 Å². The van der Waals surface area contributed by atoms with Gasteiger partial charge in [0.1, 0.15) is 5.75 Å². The molecule has 36 heavy (non-hydrogen) atoms. The van der Waals surface area contributed by atoms with Crippen LogP contribution in [0.2, 0.25) is 0 Å². The SMILES string of the molecule is COCCCNC(=O)c1ccccc1NC(=S)NC(=O)c1ccc(OCCc2ccccc2)c(Br)c1. The number of nitrogens with one attached hydrogen (secondary N) is 3. The summed E-state index contributed by atoms with van der Waals surface area (Å²) in [6.07, 6.45) is 1.49. The number of benzene rings is 3. The topological polar surface area (TPSA) is 88.7 Å². The van der Waals surface area contributed by atoms with E-state index < -0.39 is 0 Å². The van der Waals surface area contributed by atoms with E-state index in [9.17, 15) is 9.59 Å². The fourth-order valence-electron chi connectivity index (χ4n) is 3.32. The lowest BCUT2D eigenvalue weighted by molar-refractivity contribution is 0.0947. The van der Waals surface area contributed by atoms with Crippen LogP contribution in [0.15, 0.2) is 77.3 Å². The average Bonchev–Trinajstić information content (AvgIpc) is 2.88. The molecule has 0 bridgehead atoms. The molecule has 3 rings (SSSR count). The van der Waals surface area contributed by atoms with Crippen molar-refractivity contribution in [1.82, 2.24) is 10.6 Å². The first kappa shape index (κ1) is 27.3. The van der Waals surface area contributed by atoms with E-state index in [2.05, 4.69) is 44.0 Å². The van der Waals surface area contributed by atoms with Crippen LogP contribution in [-0.4, -0.2) is 43.8 Å². The molecule has 0 spiro atoms. The number of methoxy groups -OCH3 is 1. The second-order valence-corrected chi connectivity index (χ2v) is 9.05. The van der Waals surface area contributed by atoms with Crippen LogP contribution in [0.4, 0.5) is 5.69 Å². The lowest BCUT2D eigenvalue weighted by atomic mass is 10.1. The molecule has 0 heterocycles.